The number of nitrogens with one attached hydrogen (secondary N) is 2. The highest BCUT2D eigenvalue weighted by atomic mass is 16.6. The minimum absolute atomic E-state index is 0.130. The van der Waals surface area contributed by atoms with Crippen LogP contribution in [0.4, 0.5) is 0 Å². The summed E-state index contributed by atoms with van der Waals surface area (Å²) in [6, 6.07) is 34.1. The van der Waals surface area contributed by atoms with E-state index >= 15 is 0 Å². The first-order valence-corrected chi connectivity index (χ1v) is 13.4. The monoisotopic (exact) mass is 564 g/mol. The third kappa shape index (κ3) is 10.1. The number of rotatable bonds is 10. The van der Waals surface area contributed by atoms with Crippen molar-refractivity contribution in [3.05, 3.63) is 143 Å². The van der Waals surface area contributed by atoms with Gasteiger partial charge in [-0.05, 0) is 38.1 Å². The van der Waals surface area contributed by atoms with Gasteiger partial charge in [0.25, 0.3) is 11.8 Å². The molecule has 0 aromatic heterocycles. The molecule has 4 aromatic carbocycles. The maximum atomic E-state index is 12.1. The number of aryl methyl sites for hydroxylation is 2. The third-order valence-electron chi connectivity index (χ3n) is 6.08. The number of carbonyl (C=O) groups excluding carboxylic acids is 2. The summed E-state index contributed by atoms with van der Waals surface area (Å²) in [6.45, 7) is 4.59. The zero-order valence-corrected chi connectivity index (χ0v) is 24.3. The molecule has 216 valence electrons. The van der Waals surface area contributed by atoms with Crippen molar-refractivity contribution in [2.75, 3.05) is 27.3 Å². The van der Waals surface area contributed by atoms with Gasteiger partial charge in [0, 0.05) is 22.3 Å². The van der Waals surface area contributed by atoms with Crippen molar-refractivity contribution in [1.82, 2.24) is 10.6 Å². The first kappa shape index (κ1) is 31.3. The van der Waals surface area contributed by atoms with E-state index in [1.165, 1.54) is 14.2 Å². The Hall–Kier alpha value is -5.24. The molecule has 8 nitrogen and oxygen atoms in total. The molecule has 0 radical (unpaired) electrons. The van der Waals surface area contributed by atoms with Crippen molar-refractivity contribution >= 4 is 23.2 Å². The molecule has 0 saturated carbocycles. The molecule has 0 spiro atoms. The average molecular weight is 565 g/mol. The molecule has 0 unspecified atom stereocenters. The fourth-order valence-electron chi connectivity index (χ4n) is 3.80. The summed E-state index contributed by atoms with van der Waals surface area (Å²) in [5.74, 6) is -0.260. The number of oxime groups is 2. The molecule has 0 aliphatic carbocycles. The van der Waals surface area contributed by atoms with Crippen LogP contribution in [0.2, 0.25) is 0 Å². The lowest BCUT2D eigenvalue weighted by Gasteiger charge is -2.08. The van der Waals surface area contributed by atoms with Crippen LogP contribution < -0.4 is 10.6 Å². The quantitative estimate of drug-likeness (QED) is 0.195. The highest BCUT2D eigenvalue weighted by Crippen LogP contribution is 2.06. The highest BCUT2D eigenvalue weighted by Gasteiger charge is 2.10. The molecule has 0 heterocycles. The summed E-state index contributed by atoms with van der Waals surface area (Å²) in [7, 11) is 2.98. The Labute approximate surface area is 247 Å². The van der Waals surface area contributed by atoms with Gasteiger partial charge in [-0.25, -0.2) is 0 Å². The van der Waals surface area contributed by atoms with Gasteiger partial charge < -0.3 is 20.3 Å². The summed E-state index contributed by atoms with van der Waals surface area (Å²) in [4.78, 5) is 33.9. The minimum atomic E-state index is -0.130. The van der Waals surface area contributed by atoms with Gasteiger partial charge in [-0.3, -0.25) is 9.59 Å². The Kier molecular flexibility index (Phi) is 12.5. The van der Waals surface area contributed by atoms with Crippen LogP contribution >= 0.6 is 0 Å². The lowest BCUT2D eigenvalue weighted by Crippen LogP contribution is -2.30. The van der Waals surface area contributed by atoms with Crippen LogP contribution in [0.25, 0.3) is 0 Å². The molecule has 0 fully saturated rings. The Balaban J connectivity index is 0.000000230. The van der Waals surface area contributed by atoms with Crippen molar-refractivity contribution in [2.24, 2.45) is 10.3 Å². The number of nitrogens with zero attached hydrogens (tertiary/aromatic N) is 2. The topological polar surface area (TPSA) is 101 Å². The summed E-state index contributed by atoms with van der Waals surface area (Å²) in [5, 5.41) is 13.7. The predicted molar refractivity (Wildman–Crippen MR) is 167 cm³/mol. The zero-order chi connectivity index (χ0) is 30.2. The summed E-state index contributed by atoms with van der Waals surface area (Å²) < 4.78 is 0. The van der Waals surface area contributed by atoms with E-state index in [1.54, 1.807) is 24.3 Å². The smallest absolute Gasteiger partial charge is 0.251 e. The van der Waals surface area contributed by atoms with Gasteiger partial charge in [0.05, 0.1) is 13.1 Å². The number of hydrogen-bond acceptors (Lipinski definition) is 6. The Bertz CT molecular complexity index is 1350. The van der Waals surface area contributed by atoms with Crippen LogP contribution in [-0.4, -0.2) is 50.5 Å². The maximum absolute atomic E-state index is 12.1. The normalized spacial score (nSPS) is 11.0. The van der Waals surface area contributed by atoms with E-state index in [0.717, 1.165) is 22.3 Å². The SMILES string of the molecule is CO/N=C(/CNC(=O)c1ccc(C)cc1)c1ccccc1.CO/N=C(/CNC(=O)c1ccc(C)cc1)c1ccccc1. The molecular formula is C34H36N4O4. The lowest BCUT2D eigenvalue weighted by atomic mass is 10.1. The zero-order valence-electron chi connectivity index (χ0n) is 24.3. The molecular weight excluding hydrogens is 528 g/mol. The molecule has 0 saturated heterocycles. The van der Waals surface area contributed by atoms with Gasteiger partial charge >= 0.3 is 0 Å². The van der Waals surface area contributed by atoms with Crippen molar-refractivity contribution in [1.29, 1.82) is 0 Å². The fourth-order valence-corrected chi connectivity index (χ4v) is 3.80. The van der Waals surface area contributed by atoms with Gasteiger partial charge in [-0.2, -0.15) is 0 Å². The Morgan fingerprint density at radius 2 is 0.857 bits per heavy atom. The van der Waals surface area contributed by atoms with Crippen LogP contribution in [-0.2, 0) is 9.68 Å². The molecule has 0 aliphatic rings. The van der Waals surface area contributed by atoms with Crippen LogP contribution in [0.1, 0.15) is 43.0 Å². The van der Waals surface area contributed by atoms with E-state index in [9.17, 15) is 9.59 Å². The Morgan fingerprint density at radius 3 is 1.17 bits per heavy atom. The van der Waals surface area contributed by atoms with Crippen molar-refractivity contribution in [2.45, 2.75) is 13.8 Å². The molecule has 2 amide bonds. The largest absolute Gasteiger partial charge is 0.399 e. The van der Waals surface area contributed by atoms with E-state index < -0.39 is 0 Å². The standard InChI is InChI=1S/2C17H18N2O2/c2*1-13-8-10-15(11-9-13)17(20)18-12-16(19-21-2)14-6-4-3-5-7-14/h2*3-11H,12H2,1-2H3,(H,18,20)/b2*19-16-. The molecule has 42 heavy (non-hydrogen) atoms. The molecule has 0 aliphatic heterocycles. The van der Waals surface area contributed by atoms with E-state index in [0.29, 0.717) is 35.6 Å². The van der Waals surface area contributed by atoms with Gasteiger partial charge in [-0.1, -0.05) is 106 Å². The molecule has 4 rings (SSSR count). The van der Waals surface area contributed by atoms with Crippen molar-refractivity contribution in [3.63, 3.8) is 0 Å². The fraction of sp³-hybridized carbons (Fsp3) is 0.176. The Morgan fingerprint density at radius 1 is 0.524 bits per heavy atom. The van der Waals surface area contributed by atoms with E-state index in [4.69, 9.17) is 9.68 Å². The van der Waals surface area contributed by atoms with Gasteiger partial charge in [0.2, 0.25) is 0 Å². The van der Waals surface area contributed by atoms with E-state index in [2.05, 4.69) is 20.9 Å². The lowest BCUT2D eigenvalue weighted by molar-refractivity contribution is 0.0950. The van der Waals surface area contributed by atoms with Crippen molar-refractivity contribution in [3.8, 4) is 0 Å². The average Bonchev–Trinajstić information content (AvgIpc) is 3.03. The molecule has 8 heteroatoms. The van der Waals surface area contributed by atoms with Crippen LogP contribution in [0.3, 0.4) is 0 Å². The van der Waals surface area contributed by atoms with Crippen molar-refractivity contribution < 1.29 is 19.3 Å². The predicted octanol–water partition coefficient (Wildman–Crippen LogP) is 5.55. The molecule has 2 N–H and O–H groups in total. The van der Waals surface area contributed by atoms with Gasteiger partial charge in [0.1, 0.15) is 25.6 Å². The maximum Gasteiger partial charge on any atom is 0.251 e. The highest BCUT2D eigenvalue weighted by molar-refractivity contribution is 6.05. The summed E-state index contributed by atoms with van der Waals surface area (Å²) >= 11 is 0. The first-order chi connectivity index (χ1) is 20.4. The number of carbonyl (C=O) groups is 2. The first-order valence-electron chi connectivity index (χ1n) is 13.4. The van der Waals surface area contributed by atoms with E-state index in [-0.39, 0.29) is 11.8 Å². The third-order valence-corrected chi connectivity index (χ3v) is 6.08. The van der Waals surface area contributed by atoms with Crippen LogP contribution in [0, 0.1) is 13.8 Å². The van der Waals surface area contributed by atoms with Gasteiger partial charge in [-0.15, -0.1) is 0 Å². The number of benzene rings is 4. The number of hydrogen-bond donors (Lipinski definition) is 2. The van der Waals surface area contributed by atoms with Gasteiger partial charge in [0.15, 0.2) is 0 Å². The van der Waals surface area contributed by atoms with Crippen LogP contribution in [0.5, 0.6) is 0 Å². The summed E-state index contributed by atoms with van der Waals surface area (Å²) in [5.41, 5.74) is 6.70. The molecule has 4 aromatic rings. The second-order valence-corrected chi connectivity index (χ2v) is 9.27. The van der Waals surface area contributed by atoms with Crippen LogP contribution in [0.15, 0.2) is 120 Å². The second kappa shape index (κ2) is 16.8. The molecule has 0 atom stereocenters. The number of amides is 2. The minimum Gasteiger partial charge on any atom is -0.399 e. The summed E-state index contributed by atoms with van der Waals surface area (Å²) in [6.07, 6.45) is 0. The van der Waals surface area contributed by atoms with E-state index in [1.807, 2.05) is 98.8 Å². The molecule has 0 bridgehead atoms. The second-order valence-electron chi connectivity index (χ2n) is 9.27.